The molecule has 1 amide bonds. The molecule has 0 spiro atoms. The third kappa shape index (κ3) is 3.72. The highest BCUT2D eigenvalue weighted by Gasteiger charge is 2.20. The zero-order valence-corrected chi connectivity index (χ0v) is 11.9. The van der Waals surface area contributed by atoms with E-state index in [4.69, 9.17) is 17.3 Å². The van der Waals surface area contributed by atoms with Crippen molar-refractivity contribution in [2.24, 2.45) is 11.7 Å². The van der Waals surface area contributed by atoms with Crippen LogP contribution < -0.4 is 5.73 Å². The fourth-order valence-electron chi connectivity index (χ4n) is 1.76. The lowest BCUT2D eigenvalue weighted by Gasteiger charge is -2.27. The summed E-state index contributed by atoms with van der Waals surface area (Å²) in [5, 5.41) is 0.691. The molecule has 0 fully saturated rings. The molecule has 1 aromatic carbocycles. The Hall–Kier alpha value is -1.06. The van der Waals surface area contributed by atoms with Crippen molar-refractivity contribution in [1.29, 1.82) is 0 Å². The molecule has 4 heteroatoms. The summed E-state index contributed by atoms with van der Waals surface area (Å²) in [4.78, 5) is 13.8. The van der Waals surface area contributed by atoms with Gasteiger partial charge in [0.1, 0.15) is 0 Å². The summed E-state index contributed by atoms with van der Waals surface area (Å²) in [5.74, 6) is 0.304. The molecule has 3 nitrogen and oxygen atoms in total. The van der Waals surface area contributed by atoms with Gasteiger partial charge in [-0.1, -0.05) is 36.7 Å². The Bertz CT molecular complexity index is 409. The molecule has 0 aliphatic carbocycles. The number of amides is 1. The van der Waals surface area contributed by atoms with Gasteiger partial charge in [0, 0.05) is 18.5 Å². The number of nitrogens with two attached hydrogens (primary N) is 1. The molecule has 0 saturated carbocycles. The van der Waals surface area contributed by atoms with Crippen molar-refractivity contribution in [3.05, 3.63) is 34.9 Å². The topological polar surface area (TPSA) is 46.3 Å². The second-order valence-electron chi connectivity index (χ2n) is 4.75. The third-order valence-electron chi connectivity index (χ3n) is 3.26. The van der Waals surface area contributed by atoms with Gasteiger partial charge in [-0.05, 0) is 31.0 Å². The van der Waals surface area contributed by atoms with Crippen molar-refractivity contribution in [3.8, 4) is 0 Å². The van der Waals surface area contributed by atoms with Gasteiger partial charge in [0.15, 0.2) is 0 Å². The molecule has 0 bridgehead atoms. The summed E-state index contributed by atoms with van der Waals surface area (Å²) in [6.07, 6.45) is 0.474. The second kappa shape index (κ2) is 6.76. The summed E-state index contributed by atoms with van der Waals surface area (Å²) in [6, 6.07) is 7.57. The van der Waals surface area contributed by atoms with E-state index in [0.29, 0.717) is 18.0 Å². The molecule has 0 heterocycles. The molecule has 0 aromatic heterocycles. The number of rotatable bonds is 5. The summed E-state index contributed by atoms with van der Waals surface area (Å²) in [6.45, 7) is 4.48. The molecule has 100 valence electrons. The minimum Gasteiger partial charge on any atom is -0.339 e. The van der Waals surface area contributed by atoms with Gasteiger partial charge in [0.05, 0.1) is 6.04 Å². The van der Waals surface area contributed by atoms with Crippen molar-refractivity contribution in [3.63, 3.8) is 0 Å². The summed E-state index contributed by atoms with van der Waals surface area (Å²) >= 11 is 6.14. The van der Waals surface area contributed by atoms with Crippen LogP contribution in [0.3, 0.4) is 0 Å². The van der Waals surface area contributed by atoms with E-state index in [2.05, 4.69) is 0 Å². The van der Waals surface area contributed by atoms with Gasteiger partial charge < -0.3 is 10.6 Å². The smallest absolute Gasteiger partial charge is 0.223 e. The molecule has 2 N–H and O–H groups in total. The van der Waals surface area contributed by atoms with Crippen LogP contribution in [0.1, 0.15) is 31.9 Å². The standard InChI is InChI=1S/C14H21ClN2O/c1-10(9-16)8-14(18)17(3)11(2)12-6-4-5-7-13(12)15/h4-7,10-11H,8-9,16H2,1-3H3. The first-order valence-corrected chi connectivity index (χ1v) is 6.55. The Morgan fingerprint density at radius 3 is 2.56 bits per heavy atom. The van der Waals surface area contributed by atoms with Gasteiger partial charge in [-0.2, -0.15) is 0 Å². The van der Waals surface area contributed by atoms with E-state index in [9.17, 15) is 4.79 Å². The Kier molecular flexibility index (Phi) is 5.63. The maximum absolute atomic E-state index is 12.1. The maximum atomic E-state index is 12.1. The monoisotopic (exact) mass is 268 g/mol. The van der Waals surface area contributed by atoms with Crippen LogP contribution in [0.5, 0.6) is 0 Å². The first kappa shape index (κ1) is 15.0. The highest BCUT2D eigenvalue weighted by atomic mass is 35.5. The molecule has 0 aliphatic rings. The fourth-order valence-corrected chi connectivity index (χ4v) is 2.06. The molecular formula is C14H21ClN2O. The van der Waals surface area contributed by atoms with Gasteiger partial charge in [-0.3, -0.25) is 4.79 Å². The minimum atomic E-state index is -0.0313. The largest absolute Gasteiger partial charge is 0.339 e. The van der Waals surface area contributed by atoms with Crippen molar-refractivity contribution in [1.82, 2.24) is 4.90 Å². The van der Waals surface area contributed by atoms with Crippen molar-refractivity contribution < 1.29 is 4.79 Å². The number of nitrogens with zero attached hydrogens (tertiary/aromatic N) is 1. The molecule has 2 atom stereocenters. The Morgan fingerprint density at radius 1 is 1.39 bits per heavy atom. The Labute approximate surface area is 114 Å². The number of hydrogen-bond acceptors (Lipinski definition) is 2. The summed E-state index contributed by atoms with van der Waals surface area (Å²) in [7, 11) is 1.81. The molecule has 18 heavy (non-hydrogen) atoms. The summed E-state index contributed by atoms with van der Waals surface area (Å²) in [5.41, 5.74) is 6.51. The fraction of sp³-hybridized carbons (Fsp3) is 0.500. The molecule has 0 aliphatic heterocycles. The van der Waals surface area contributed by atoms with E-state index in [-0.39, 0.29) is 17.9 Å². The van der Waals surface area contributed by atoms with Crippen LogP contribution >= 0.6 is 11.6 Å². The van der Waals surface area contributed by atoms with Gasteiger partial charge in [0.25, 0.3) is 0 Å². The van der Waals surface area contributed by atoms with Crippen LogP contribution in [-0.2, 0) is 4.79 Å². The van der Waals surface area contributed by atoms with Crippen LogP contribution in [0, 0.1) is 5.92 Å². The van der Waals surface area contributed by atoms with Crippen molar-refractivity contribution in [2.75, 3.05) is 13.6 Å². The number of carbonyl (C=O) groups excluding carboxylic acids is 1. The number of halogens is 1. The number of benzene rings is 1. The van der Waals surface area contributed by atoms with Crippen LogP contribution in [-0.4, -0.2) is 24.4 Å². The van der Waals surface area contributed by atoms with Crippen LogP contribution in [0.4, 0.5) is 0 Å². The van der Waals surface area contributed by atoms with Gasteiger partial charge >= 0.3 is 0 Å². The lowest BCUT2D eigenvalue weighted by atomic mass is 10.0. The lowest BCUT2D eigenvalue weighted by Crippen LogP contribution is -2.32. The lowest BCUT2D eigenvalue weighted by molar-refractivity contribution is -0.132. The van der Waals surface area contributed by atoms with Crippen LogP contribution in [0.15, 0.2) is 24.3 Å². The molecule has 1 rings (SSSR count). The Balaban J connectivity index is 2.75. The van der Waals surface area contributed by atoms with Crippen LogP contribution in [0.2, 0.25) is 5.02 Å². The molecule has 1 aromatic rings. The molecule has 0 radical (unpaired) electrons. The molecular weight excluding hydrogens is 248 g/mol. The average molecular weight is 269 g/mol. The number of hydrogen-bond donors (Lipinski definition) is 1. The zero-order chi connectivity index (χ0) is 13.7. The van der Waals surface area contributed by atoms with E-state index in [1.807, 2.05) is 38.1 Å². The van der Waals surface area contributed by atoms with E-state index in [1.165, 1.54) is 0 Å². The summed E-state index contributed by atoms with van der Waals surface area (Å²) < 4.78 is 0. The third-order valence-corrected chi connectivity index (χ3v) is 3.60. The average Bonchev–Trinajstić information content (AvgIpc) is 2.37. The number of carbonyl (C=O) groups is 1. The van der Waals surface area contributed by atoms with Gasteiger partial charge in [0.2, 0.25) is 5.91 Å². The highest BCUT2D eigenvalue weighted by Crippen LogP contribution is 2.26. The highest BCUT2D eigenvalue weighted by molar-refractivity contribution is 6.31. The normalized spacial score (nSPS) is 14.1. The van der Waals surface area contributed by atoms with Gasteiger partial charge in [-0.25, -0.2) is 0 Å². The predicted octanol–water partition coefficient (Wildman–Crippen LogP) is 2.84. The Morgan fingerprint density at radius 2 is 2.00 bits per heavy atom. The predicted molar refractivity (Wildman–Crippen MR) is 75.5 cm³/mol. The van der Waals surface area contributed by atoms with E-state index < -0.39 is 0 Å². The van der Waals surface area contributed by atoms with E-state index >= 15 is 0 Å². The zero-order valence-electron chi connectivity index (χ0n) is 11.2. The SMILES string of the molecule is CC(CN)CC(=O)N(C)C(C)c1ccccc1Cl. The maximum Gasteiger partial charge on any atom is 0.223 e. The molecule has 2 unspecified atom stereocenters. The first-order valence-electron chi connectivity index (χ1n) is 6.17. The van der Waals surface area contributed by atoms with E-state index in [0.717, 1.165) is 5.56 Å². The van der Waals surface area contributed by atoms with Crippen LogP contribution in [0.25, 0.3) is 0 Å². The second-order valence-corrected chi connectivity index (χ2v) is 5.15. The minimum absolute atomic E-state index is 0.0313. The van der Waals surface area contributed by atoms with Crippen molar-refractivity contribution in [2.45, 2.75) is 26.3 Å². The van der Waals surface area contributed by atoms with Crippen molar-refractivity contribution >= 4 is 17.5 Å². The van der Waals surface area contributed by atoms with E-state index in [1.54, 1.807) is 11.9 Å². The van der Waals surface area contributed by atoms with Gasteiger partial charge in [-0.15, -0.1) is 0 Å². The first-order chi connectivity index (χ1) is 8.47. The molecule has 0 saturated heterocycles. The quantitative estimate of drug-likeness (QED) is 0.893.